The number of thiophene rings is 1. The minimum absolute atomic E-state index is 0.0790. The van der Waals surface area contributed by atoms with Crippen molar-refractivity contribution < 1.29 is 9.59 Å². The molecule has 7 aromatic rings. The third kappa shape index (κ3) is 7.68. The van der Waals surface area contributed by atoms with Crippen molar-refractivity contribution in [2.45, 2.75) is 53.4 Å². The number of amides is 2. The molecule has 0 unspecified atom stereocenters. The molecule has 1 atom stereocenters. The Bertz CT molecular complexity index is 2440. The molecule has 0 saturated heterocycles. The van der Waals surface area contributed by atoms with Gasteiger partial charge in [0, 0.05) is 10.6 Å². The number of anilines is 1. The zero-order valence-corrected chi connectivity index (χ0v) is 32.0. The fraction of sp³-hybridized carbons (Fsp3) is 0.195. The number of rotatable bonds is 11. The summed E-state index contributed by atoms with van der Waals surface area (Å²) in [5.41, 5.74) is 5.27. The Morgan fingerprint density at radius 3 is 2.25 bits per heavy atom. The number of hydrogen-bond donors (Lipinski definition) is 2. The fourth-order valence-electron chi connectivity index (χ4n) is 6.55. The maximum absolute atomic E-state index is 14.1. The molecule has 4 aromatic carbocycles. The lowest BCUT2D eigenvalue weighted by atomic mass is 9.97. The number of para-hydroxylation sites is 1. The first kappa shape index (κ1) is 35.3. The zero-order valence-electron chi connectivity index (χ0n) is 28.8. The molecule has 0 radical (unpaired) electrons. The van der Waals surface area contributed by atoms with Crippen LogP contribution in [0.1, 0.15) is 47.4 Å². The van der Waals surface area contributed by atoms with Crippen molar-refractivity contribution in [3.05, 3.63) is 141 Å². The number of hydrogen-bond acceptors (Lipinski definition) is 9. The highest BCUT2D eigenvalue weighted by Gasteiger charge is 2.25. The Morgan fingerprint density at radius 2 is 1.53 bits per heavy atom. The molecule has 3 aromatic heterocycles. The standard InChI is InChI=1S/C41H35N5O3S4/c1-25(51-40-45-38-35(30-19-11-12-20-32(30)52-38)39(49)46(40)29-17-9-4-10-18-29)37(48)42-28-21-22-31-33(23-28)53-41(43-31)50-24-34(47)44-36(26-13-5-2-6-14-26)27-15-7-3-8-16-27/h2-10,13-18,21-23,25,36H,11-12,19-20,24H2,1H3,(H,42,48)(H,44,47)/t25-/m1/s1. The summed E-state index contributed by atoms with van der Waals surface area (Å²) in [5.74, 6) is -0.0663. The maximum atomic E-state index is 14.1. The number of nitrogens with zero attached hydrogens (tertiary/aromatic N) is 3. The van der Waals surface area contributed by atoms with Gasteiger partial charge in [-0.1, -0.05) is 102 Å². The second kappa shape index (κ2) is 15.7. The van der Waals surface area contributed by atoms with E-state index in [0.29, 0.717) is 10.8 Å². The van der Waals surface area contributed by atoms with Gasteiger partial charge in [-0.25, -0.2) is 9.97 Å². The summed E-state index contributed by atoms with van der Waals surface area (Å²) in [4.78, 5) is 52.6. The number of benzene rings is 4. The van der Waals surface area contributed by atoms with Crippen LogP contribution < -0.4 is 16.2 Å². The summed E-state index contributed by atoms with van der Waals surface area (Å²) in [5, 5.41) is 6.92. The van der Waals surface area contributed by atoms with E-state index in [4.69, 9.17) is 9.97 Å². The molecule has 3 heterocycles. The highest BCUT2D eigenvalue weighted by atomic mass is 32.2. The summed E-state index contributed by atoms with van der Waals surface area (Å²) in [7, 11) is 0. The molecule has 266 valence electrons. The molecule has 12 heteroatoms. The number of aryl methyl sites for hydroxylation is 2. The van der Waals surface area contributed by atoms with E-state index in [1.807, 2.05) is 116 Å². The van der Waals surface area contributed by atoms with Crippen molar-refractivity contribution in [1.29, 1.82) is 0 Å². The summed E-state index contributed by atoms with van der Waals surface area (Å²) >= 11 is 5.77. The van der Waals surface area contributed by atoms with Crippen LogP contribution in [0, 0.1) is 0 Å². The van der Waals surface area contributed by atoms with Crippen LogP contribution in [-0.4, -0.2) is 37.4 Å². The van der Waals surface area contributed by atoms with Crippen molar-refractivity contribution in [3.8, 4) is 5.69 Å². The van der Waals surface area contributed by atoms with E-state index in [2.05, 4.69) is 10.6 Å². The highest BCUT2D eigenvalue weighted by Crippen LogP contribution is 2.36. The van der Waals surface area contributed by atoms with E-state index in [1.54, 1.807) is 15.9 Å². The van der Waals surface area contributed by atoms with Crippen LogP contribution in [0.5, 0.6) is 0 Å². The lowest BCUT2D eigenvalue weighted by Crippen LogP contribution is -2.30. The lowest BCUT2D eigenvalue weighted by Gasteiger charge is -2.19. The number of aromatic nitrogens is 3. The minimum atomic E-state index is -0.540. The van der Waals surface area contributed by atoms with Crippen molar-refractivity contribution in [2.75, 3.05) is 11.1 Å². The van der Waals surface area contributed by atoms with Gasteiger partial charge >= 0.3 is 0 Å². The van der Waals surface area contributed by atoms with Gasteiger partial charge in [-0.3, -0.25) is 19.0 Å². The molecular weight excluding hydrogens is 739 g/mol. The number of thioether (sulfide) groups is 2. The van der Waals surface area contributed by atoms with Crippen LogP contribution in [0.3, 0.4) is 0 Å². The molecule has 0 fully saturated rings. The quantitative estimate of drug-likeness (QED) is 0.0999. The van der Waals surface area contributed by atoms with E-state index >= 15 is 0 Å². The molecule has 53 heavy (non-hydrogen) atoms. The van der Waals surface area contributed by atoms with Gasteiger partial charge in [-0.2, -0.15) is 0 Å². The average Bonchev–Trinajstić information content (AvgIpc) is 3.78. The number of fused-ring (bicyclic) bond motifs is 4. The number of carbonyl (C=O) groups is 2. The Balaban J connectivity index is 0.953. The Labute approximate surface area is 323 Å². The Morgan fingerprint density at radius 1 is 0.849 bits per heavy atom. The van der Waals surface area contributed by atoms with Crippen molar-refractivity contribution in [2.24, 2.45) is 0 Å². The first-order valence-corrected chi connectivity index (χ1v) is 20.9. The monoisotopic (exact) mass is 773 g/mol. The first-order chi connectivity index (χ1) is 25.9. The second-order valence-electron chi connectivity index (χ2n) is 12.8. The fourth-order valence-corrected chi connectivity index (χ4v) is 10.7. The van der Waals surface area contributed by atoms with Gasteiger partial charge in [-0.05, 0) is 79.6 Å². The summed E-state index contributed by atoms with van der Waals surface area (Å²) in [6, 6.07) is 34.8. The molecule has 1 aliphatic carbocycles. The van der Waals surface area contributed by atoms with Crippen LogP contribution in [0.2, 0.25) is 0 Å². The second-order valence-corrected chi connectivity index (χ2v) is 17.4. The highest BCUT2D eigenvalue weighted by molar-refractivity contribution is 8.01. The SMILES string of the molecule is C[C@@H](Sc1nc2sc3c(c2c(=O)n1-c1ccccc1)CCCC3)C(=O)Nc1ccc2nc(SCC(=O)NC(c3ccccc3)c3ccccc3)sc2c1. The zero-order chi connectivity index (χ0) is 36.3. The smallest absolute Gasteiger partial charge is 0.267 e. The van der Waals surface area contributed by atoms with E-state index in [1.165, 1.54) is 39.7 Å². The normalized spacial score (nSPS) is 13.2. The van der Waals surface area contributed by atoms with Gasteiger partial charge in [0.1, 0.15) is 4.83 Å². The van der Waals surface area contributed by atoms with Crippen LogP contribution >= 0.6 is 46.2 Å². The Kier molecular flexibility index (Phi) is 10.4. The van der Waals surface area contributed by atoms with E-state index in [9.17, 15) is 14.4 Å². The van der Waals surface area contributed by atoms with Gasteiger partial charge in [-0.15, -0.1) is 22.7 Å². The van der Waals surface area contributed by atoms with Crippen molar-refractivity contribution >= 4 is 84.1 Å². The third-order valence-corrected chi connectivity index (χ3v) is 13.6. The number of thiazole rings is 1. The first-order valence-electron chi connectivity index (χ1n) is 17.4. The van der Waals surface area contributed by atoms with Crippen LogP contribution in [0.25, 0.3) is 26.1 Å². The molecule has 8 nitrogen and oxygen atoms in total. The van der Waals surface area contributed by atoms with E-state index in [-0.39, 0.29) is 29.2 Å². The largest absolute Gasteiger partial charge is 0.344 e. The van der Waals surface area contributed by atoms with Gasteiger partial charge < -0.3 is 10.6 Å². The molecule has 0 spiro atoms. The molecule has 0 saturated carbocycles. The molecule has 1 aliphatic rings. The topological polar surface area (TPSA) is 106 Å². The van der Waals surface area contributed by atoms with Crippen LogP contribution in [0.4, 0.5) is 5.69 Å². The predicted octanol–water partition coefficient (Wildman–Crippen LogP) is 9.05. The van der Waals surface area contributed by atoms with Gasteiger partial charge in [0.15, 0.2) is 9.50 Å². The molecule has 8 rings (SSSR count). The van der Waals surface area contributed by atoms with Crippen molar-refractivity contribution in [3.63, 3.8) is 0 Å². The predicted molar refractivity (Wildman–Crippen MR) is 219 cm³/mol. The van der Waals surface area contributed by atoms with Gasteiger partial charge in [0.05, 0.1) is 38.3 Å². The van der Waals surface area contributed by atoms with Crippen LogP contribution in [-0.2, 0) is 22.4 Å². The maximum Gasteiger partial charge on any atom is 0.267 e. The Hall–Kier alpha value is -4.75. The molecule has 2 N–H and O–H groups in total. The third-order valence-electron chi connectivity index (χ3n) is 9.16. The van der Waals surface area contributed by atoms with Crippen molar-refractivity contribution in [1.82, 2.24) is 19.9 Å². The van der Waals surface area contributed by atoms with E-state index in [0.717, 1.165) is 72.8 Å². The minimum Gasteiger partial charge on any atom is -0.344 e. The van der Waals surface area contributed by atoms with Gasteiger partial charge in [0.25, 0.3) is 5.56 Å². The number of carbonyl (C=O) groups excluding carboxylic acids is 2. The molecular formula is C41H35N5O3S4. The molecule has 2 amide bonds. The molecule has 0 bridgehead atoms. The lowest BCUT2D eigenvalue weighted by molar-refractivity contribution is -0.119. The summed E-state index contributed by atoms with van der Waals surface area (Å²) in [6.07, 6.45) is 4.08. The van der Waals surface area contributed by atoms with E-state index < -0.39 is 5.25 Å². The average molecular weight is 774 g/mol. The summed E-state index contributed by atoms with van der Waals surface area (Å²) < 4.78 is 3.34. The summed E-state index contributed by atoms with van der Waals surface area (Å²) in [6.45, 7) is 1.83. The van der Waals surface area contributed by atoms with Gasteiger partial charge in [0.2, 0.25) is 11.8 Å². The van der Waals surface area contributed by atoms with Crippen LogP contribution in [0.15, 0.2) is 123 Å². The number of nitrogens with one attached hydrogen (secondary N) is 2. The molecule has 0 aliphatic heterocycles.